The molecule has 4 nitrogen and oxygen atoms in total. The molecule has 0 saturated carbocycles. The van der Waals surface area contributed by atoms with Gasteiger partial charge >= 0.3 is 0 Å². The molecular formula is C14H17BrN2O2. The summed E-state index contributed by atoms with van der Waals surface area (Å²) in [6.45, 7) is 3.46. The lowest BCUT2D eigenvalue weighted by atomic mass is 10.2. The Bertz CT molecular complexity index is 540. The molecule has 0 atom stereocenters. The number of aliphatic hydroxyl groups excluding tert-OH is 1. The quantitative estimate of drug-likeness (QED) is 0.888. The monoisotopic (exact) mass is 324 g/mol. The van der Waals surface area contributed by atoms with Crippen LogP contribution in [-0.2, 0) is 19.8 Å². The van der Waals surface area contributed by atoms with Crippen molar-refractivity contribution in [2.24, 2.45) is 0 Å². The molecule has 1 heterocycles. The first kappa shape index (κ1) is 14.1. The highest BCUT2D eigenvalue weighted by Crippen LogP contribution is 2.29. The van der Waals surface area contributed by atoms with Gasteiger partial charge < -0.3 is 14.4 Å². The molecule has 102 valence electrons. The highest BCUT2D eigenvalue weighted by molar-refractivity contribution is 9.10. The van der Waals surface area contributed by atoms with E-state index < -0.39 is 0 Å². The number of aromatic nitrogens is 2. The zero-order valence-corrected chi connectivity index (χ0v) is 12.4. The summed E-state index contributed by atoms with van der Waals surface area (Å²) in [6.07, 6.45) is 4.68. The van der Waals surface area contributed by atoms with E-state index in [9.17, 15) is 5.11 Å². The number of benzene rings is 1. The normalized spacial score (nSPS) is 10.7. The van der Waals surface area contributed by atoms with Crippen molar-refractivity contribution in [2.45, 2.75) is 33.1 Å². The first-order valence-electron chi connectivity index (χ1n) is 6.26. The van der Waals surface area contributed by atoms with E-state index in [1.54, 1.807) is 0 Å². The summed E-state index contributed by atoms with van der Waals surface area (Å²) in [4.78, 5) is 4.14. The molecular weight excluding hydrogens is 308 g/mol. The molecule has 0 spiro atoms. The van der Waals surface area contributed by atoms with Crippen LogP contribution >= 0.6 is 15.9 Å². The minimum atomic E-state index is -0.0387. The van der Waals surface area contributed by atoms with Crippen molar-refractivity contribution < 1.29 is 9.84 Å². The van der Waals surface area contributed by atoms with E-state index in [1.807, 2.05) is 30.7 Å². The zero-order chi connectivity index (χ0) is 13.7. The second-order valence-corrected chi connectivity index (χ2v) is 5.11. The number of hydrogen-bond donors (Lipinski definition) is 1. The van der Waals surface area contributed by atoms with Crippen molar-refractivity contribution >= 4 is 15.9 Å². The lowest BCUT2D eigenvalue weighted by Crippen LogP contribution is -2.06. The second-order valence-electron chi connectivity index (χ2n) is 4.25. The Morgan fingerprint density at radius 1 is 1.42 bits per heavy atom. The van der Waals surface area contributed by atoms with E-state index >= 15 is 0 Å². The molecule has 19 heavy (non-hydrogen) atoms. The van der Waals surface area contributed by atoms with Crippen LogP contribution in [0.1, 0.15) is 24.6 Å². The molecule has 0 unspecified atom stereocenters. The fourth-order valence-electron chi connectivity index (χ4n) is 1.90. The van der Waals surface area contributed by atoms with Gasteiger partial charge in [0.1, 0.15) is 12.4 Å². The standard InChI is InChI=1S/C14H17BrN2O2/c1-2-6-17-10-16-7-12(17)9-19-14-11(8-18)4-3-5-13(14)15/h3-5,7,10,18H,2,6,8-9H2,1H3. The van der Waals surface area contributed by atoms with Gasteiger partial charge in [0.2, 0.25) is 0 Å². The number of rotatable bonds is 6. The molecule has 0 fully saturated rings. The number of halogens is 1. The largest absolute Gasteiger partial charge is 0.486 e. The lowest BCUT2D eigenvalue weighted by Gasteiger charge is -2.13. The molecule has 5 heteroatoms. The van der Waals surface area contributed by atoms with Crippen molar-refractivity contribution in [1.82, 2.24) is 9.55 Å². The van der Waals surface area contributed by atoms with Crippen LogP contribution in [0.25, 0.3) is 0 Å². The average Bonchev–Trinajstić information content (AvgIpc) is 2.85. The molecule has 0 radical (unpaired) electrons. The highest BCUT2D eigenvalue weighted by Gasteiger charge is 2.09. The number of aryl methyl sites for hydroxylation is 1. The Hall–Kier alpha value is -1.33. The van der Waals surface area contributed by atoms with Gasteiger partial charge in [0.05, 0.1) is 29.3 Å². The van der Waals surface area contributed by atoms with E-state index in [0.717, 1.165) is 28.7 Å². The first-order valence-corrected chi connectivity index (χ1v) is 7.05. The molecule has 0 aliphatic heterocycles. The summed E-state index contributed by atoms with van der Waals surface area (Å²) in [5.74, 6) is 0.689. The van der Waals surface area contributed by atoms with Gasteiger partial charge in [0.15, 0.2) is 0 Å². The fraction of sp³-hybridized carbons (Fsp3) is 0.357. The number of ether oxygens (including phenoxy) is 1. The maximum Gasteiger partial charge on any atom is 0.139 e. The van der Waals surface area contributed by atoms with Gasteiger partial charge in [-0.25, -0.2) is 4.98 Å². The second kappa shape index (κ2) is 6.73. The van der Waals surface area contributed by atoms with Crippen LogP contribution in [0, 0.1) is 0 Å². The number of nitrogens with zero attached hydrogens (tertiary/aromatic N) is 2. The summed E-state index contributed by atoms with van der Waals surface area (Å²) in [7, 11) is 0. The van der Waals surface area contributed by atoms with Crippen molar-refractivity contribution in [3.05, 3.63) is 46.5 Å². The van der Waals surface area contributed by atoms with Crippen LogP contribution in [0.5, 0.6) is 5.75 Å². The third-order valence-electron chi connectivity index (χ3n) is 2.85. The van der Waals surface area contributed by atoms with Crippen molar-refractivity contribution in [3.8, 4) is 5.75 Å². The Kier molecular flexibility index (Phi) is 4.99. The predicted molar refractivity (Wildman–Crippen MR) is 76.9 cm³/mol. The third kappa shape index (κ3) is 3.36. The average molecular weight is 325 g/mol. The Morgan fingerprint density at radius 2 is 2.26 bits per heavy atom. The first-order chi connectivity index (χ1) is 9.26. The molecule has 0 aliphatic rings. The zero-order valence-electron chi connectivity index (χ0n) is 10.8. The predicted octanol–water partition coefficient (Wildman–Crippen LogP) is 3.13. The van der Waals surface area contributed by atoms with Gasteiger partial charge in [-0.05, 0) is 28.4 Å². The molecule has 0 amide bonds. The van der Waals surface area contributed by atoms with Crippen LogP contribution in [0.15, 0.2) is 35.2 Å². The van der Waals surface area contributed by atoms with E-state index in [0.29, 0.717) is 12.4 Å². The maximum atomic E-state index is 9.32. The highest BCUT2D eigenvalue weighted by atomic mass is 79.9. The number of para-hydroxylation sites is 1. The van der Waals surface area contributed by atoms with Gasteiger partial charge in [0, 0.05) is 12.1 Å². The van der Waals surface area contributed by atoms with Crippen LogP contribution < -0.4 is 4.74 Å². The van der Waals surface area contributed by atoms with Crippen LogP contribution in [0.3, 0.4) is 0 Å². The number of hydrogen-bond acceptors (Lipinski definition) is 3. The molecule has 0 bridgehead atoms. The summed E-state index contributed by atoms with van der Waals surface area (Å²) >= 11 is 3.44. The van der Waals surface area contributed by atoms with Gasteiger partial charge in [-0.15, -0.1) is 0 Å². The number of imidazole rings is 1. The molecule has 1 aromatic heterocycles. The van der Waals surface area contributed by atoms with Crippen LogP contribution in [0.4, 0.5) is 0 Å². The summed E-state index contributed by atoms with van der Waals surface area (Å²) in [5, 5.41) is 9.32. The van der Waals surface area contributed by atoms with Crippen molar-refractivity contribution in [1.29, 1.82) is 0 Å². The van der Waals surface area contributed by atoms with Crippen molar-refractivity contribution in [3.63, 3.8) is 0 Å². The summed E-state index contributed by atoms with van der Waals surface area (Å²) in [5.41, 5.74) is 1.80. The maximum absolute atomic E-state index is 9.32. The lowest BCUT2D eigenvalue weighted by molar-refractivity contribution is 0.254. The molecule has 1 N–H and O–H groups in total. The molecule has 1 aromatic carbocycles. The molecule has 0 aliphatic carbocycles. The van der Waals surface area contributed by atoms with Crippen molar-refractivity contribution in [2.75, 3.05) is 0 Å². The molecule has 0 saturated heterocycles. The molecule has 2 rings (SSSR count). The minimum Gasteiger partial charge on any atom is -0.486 e. The number of aliphatic hydroxyl groups is 1. The van der Waals surface area contributed by atoms with E-state index in [1.165, 1.54) is 0 Å². The fourth-order valence-corrected chi connectivity index (χ4v) is 2.42. The Balaban J connectivity index is 2.12. The van der Waals surface area contributed by atoms with E-state index in [2.05, 4.69) is 32.4 Å². The third-order valence-corrected chi connectivity index (χ3v) is 3.47. The van der Waals surface area contributed by atoms with Gasteiger partial charge in [0.25, 0.3) is 0 Å². The molecule has 2 aromatic rings. The topological polar surface area (TPSA) is 47.3 Å². The smallest absolute Gasteiger partial charge is 0.139 e. The van der Waals surface area contributed by atoms with E-state index in [-0.39, 0.29) is 6.61 Å². The van der Waals surface area contributed by atoms with Crippen LogP contribution in [0.2, 0.25) is 0 Å². The summed E-state index contributed by atoms with van der Waals surface area (Å²) in [6, 6.07) is 5.63. The Labute approximate surface area is 121 Å². The van der Waals surface area contributed by atoms with Crippen LogP contribution in [-0.4, -0.2) is 14.7 Å². The van der Waals surface area contributed by atoms with E-state index in [4.69, 9.17) is 4.74 Å². The Morgan fingerprint density at radius 3 is 3.00 bits per heavy atom. The van der Waals surface area contributed by atoms with Gasteiger partial charge in [-0.3, -0.25) is 0 Å². The minimum absolute atomic E-state index is 0.0387. The van der Waals surface area contributed by atoms with Gasteiger partial charge in [-0.2, -0.15) is 0 Å². The van der Waals surface area contributed by atoms with Gasteiger partial charge in [-0.1, -0.05) is 19.1 Å². The summed E-state index contributed by atoms with van der Waals surface area (Å²) < 4.78 is 8.75. The SMILES string of the molecule is CCCn1cncc1COc1c(Br)cccc1CO.